The van der Waals surface area contributed by atoms with E-state index < -0.39 is 22.3 Å². The molecule has 0 radical (unpaired) electrons. The van der Waals surface area contributed by atoms with Crippen LogP contribution in [0.15, 0.2) is 24.3 Å². The predicted molar refractivity (Wildman–Crippen MR) is 123 cm³/mol. The van der Waals surface area contributed by atoms with Crippen LogP contribution in [0.25, 0.3) is 0 Å². The highest BCUT2D eigenvalue weighted by molar-refractivity contribution is 7.79. The number of carboxylic acids is 1. The minimum atomic E-state index is -4.67. The van der Waals surface area contributed by atoms with Crippen molar-refractivity contribution in [1.29, 1.82) is 0 Å². The highest BCUT2D eigenvalue weighted by atomic mass is 32.3. The topological polar surface area (TPSA) is 193 Å². The Bertz CT molecular complexity index is 1110. The lowest BCUT2D eigenvalue weighted by Gasteiger charge is -2.06. The number of ether oxygens (including phenoxy) is 1. The lowest BCUT2D eigenvalue weighted by molar-refractivity contribution is 0.0598. The Morgan fingerprint density at radius 1 is 0.765 bits per heavy atom. The fourth-order valence-electron chi connectivity index (χ4n) is 2.55. The normalized spacial score (nSPS) is 9.56. The van der Waals surface area contributed by atoms with Crippen LogP contribution >= 0.6 is 0 Å². The van der Waals surface area contributed by atoms with Crippen molar-refractivity contribution in [1.82, 2.24) is 0 Å². The van der Waals surface area contributed by atoms with Crippen molar-refractivity contribution in [2.75, 3.05) is 14.2 Å². The molecule has 0 aliphatic carbocycles. The summed E-state index contributed by atoms with van der Waals surface area (Å²) in [5.74, 6) is -1.41. The number of aliphatic hydroxyl groups is 1. The van der Waals surface area contributed by atoms with Crippen molar-refractivity contribution in [3.63, 3.8) is 0 Å². The first-order chi connectivity index (χ1) is 15.7. The molecular weight excluding hydrogens is 472 g/mol. The first-order valence-corrected chi connectivity index (χ1v) is 10.6. The maximum Gasteiger partial charge on any atom is 0.394 e. The van der Waals surface area contributed by atoms with Gasteiger partial charge >= 0.3 is 22.3 Å². The average molecular weight is 501 g/mol. The third kappa shape index (κ3) is 12.0. The molecule has 0 aliphatic rings. The molecule has 0 aliphatic heterocycles. The molecule has 0 aromatic heterocycles. The standard InChI is InChI=1S/C11H12O3.C10H10O3.CH4O.H2O4S/c1-7-4-8(2)10(11(13)14-3)5-9(7)6-12;1-6-3-7(2)9(10(12)13)4-8(6)5-11;1-2;1-5(2,3)4/h4-6H,1-3H3;3-5H,1-2H3,(H,12,13);2H,1H3;(H2,1,2,3,4). The largest absolute Gasteiger partial charge is 0.478 e. The molecule has 12 heteroatoms. The van der Waals surface area contributed by atoms with Crippen LogP contribution in [0, 0.1) is 27.7 Å². The summed E-state index contributed by atoms with van der Waals surface area (Å²) in [6.45, 7) is 7.14. The SMILES string of the molecule is CO.COC(=O)c1cc(C=O)c(C)cc1C.Cc1cc(C)c(C(=O)O)cc1C=O.O=S(=O)(O)O. The van der Waals surface area contributed by atoms with Gasteiger partial charge in [-0.1, -0.05) is 12.1 Å². The molecule has 0 unspecified atom stereocenters. The van der Waals surface area contributed by atoms with Gasteiger partial charge in [0.25, 0.3) is 0 Å². The summed E-state index contributed by atoms with van der Waals surface area (Å²) < 4.78 is 36.2. The number of carbonyl (C=O) groups excluding carboxylic acids is 3. The van der Waals surface area contributed by atoms with E-state index in [1.165, 1.54) is 13.2 Å². The Labute approximate surface area is 197 Å². The van der Waals surface area contributed by atoms with Gasteiger partial charge in [-0.2, -0.15) is 8.42 Å². The fraction of sp³-hybridized carbons (Fsp3) is 0.273. The molecule has 0 bridgehead atoms. The Morgan fingerprint density at radius 3 is 1.38 bits per heavy atom. The van der Waals surface area contributed by atoms with E-state index >= 15 is 0 Å². The zero-order valence-electron chi connectivity index (χ0n) is 19.5. The van der Waals surface area contributed by atoms with E-state index in [4.69, 9.17) is 27.7 Å². The molecule has 11 nitrogen and oxygen atoms in total. The van der Waals surface area contributed by atoms with Crippen LogP contribution in [-0.2, 0) is 15.1 Å². The van der Waals surface area contributed by atoms with Crippen molar-refractivity contribution in [2.45, 2.75) is 27.7 Å². The summed E-state index contributed by atoms with van der Waals surface area (Å²) in [4.78, 5) is 43.1. The quantitative estimate of drug-likeness (QED) is 0.274. The fourth-order valence-corrected chi connectivity index (χ4v) is 2.55. The summed E-state index contributed by atoms with van der Waals surface area (Å²) in [7, 11) is -2.35. The van der Waals surface area contributed by atoms with Gasteiger partial charge in [0.1, 0.15) is 12.6 Å². The number of benzene rings is 2. The lowest BCUT2D eigenvalue weighted by atomic mass is 10.0. The number of aliphatic hydroxyl groups excluding tert-OH is 1. The summed E-state index contributed by atoms with van der Waals surface area (Å²) in [5.41, 5.74) is 4.75. The average Bonchev–Trinajstić information content (AvgIpc) is 2.74. The molecule has 188 valence electrons. The first kappa shape index (κ1) is 32.7. The minimum absolute atomic E-state index is 0.188. The molecule has 2 aromatic carbocycles. The van der Waals surface area contributed by atoms with E-state index in [1.807, 2.05) is 13.8 Å². The van der Waals surface area contributed by atoms with Crippen molar-refractivity contribution >= 4 is 34.9 Å². The van der Waals surface area contributed by atoms with Gasteiger partial charge in [0, 0.05) is 18.2 Å². The molecule has 0 amide bonds. The molecule has 0 saturated heterocycles. The van der Waals surface area contributed by atoms with Crippen LogP contribution in [0.1, 0.15) is 63.7 Å². The number of carbonyl (C=O) groups is 4. The highest BCUT2D eigenvalue weighted by Gasteiger charge is 2.11. The van der Waals surface area contributed by atoms with Crippen molar-refractivity contribution in [2.24, 2.45) is 0 Å². The Balaban J connectivity index is 0. The van der Waals surface area contributed by atoms with Gasteiger partial charge in [0.15, 0.2) is 0 Å². The third-order valence-electron chi connectivity index (χ3n) is 4.12. The highest BCUT2D eigenvalue weighted by Crippen LogP contribution is 2.16. The maximum atomic E-state index is 11.3. The Morgan fingerprint density at radius 2 is 1.09 bits per heavy atom. The van der Waals surface area contributed by atoms with Crippen LogP contribution in [0.2, 0.25) is 0 Å². The zero-order valence-corrected chi connectivity index (χ0v) is 20.3. The number of carboxylic acid groups (broad SMARTS) is 1. The zero-order chi connectivity index (χ0) is 27.2. The molecule has 2 aromatic rings. The summed E-state index contributed by atoms with van der Waals surface area (Å²) in [6.07, 6.45) is 1.41. The van der Waals surface area contributed by atoms with E-state index in [1.54, 1.807) is 32.0 Å². The van der Waals surface area contributed by atoms with E-state index in [2.05, 4.69) is 4.74 Å². The van der Waals surface area contributed by atoms with Gasteiger partial charge in [-0.3, -0.25) is 18.7 Å². The monoisotopic (exact) mass is 500 g/mol. The van der Waals surface area contributed by atoms with Gasteiger partial charge in [-0.05, 0) is 62.1 Å². The van der Waals surface area contributed by atoms with Crippen molar-refractivity contribution in [3.05, 3.63) is 68.8 Å². The number of hydrogen-bond donors (Lipinski definition) is 4. The number of aryl methyl sites for hydroxylation is 4. The number of methoxy groups -OCH3 is 1. The summed E-state index contributed by atoms with van der Waals surface area (Å²) in [6, 6.07) is 6.46. The van der Waals surface area contributed by atoms with Crippen molar-refractivity contribution in [3.8, 4) is 0 Å². The predicted octanol–water partition coefficient (Wildman–Crippen LogP) is 2.67. The molecule has 4 N–H and O–H groups in total. The smallest absolute Gasteiger partial charge is 0.394 e. The minimum Gasteiger partial charge on any atom is -0.478 e. The first-order valence-electron chi connectivity index (χ1n) is 9.25. The molecular formula is C22H28O11S. The second-order valence-corrected chi connectivity index (χ2v) is 7.42. The summed E-state index contributed by atoms with van der Waals surface area (Å²) >= 11 is 0. The molecule has 34 heavy (non-hydrogen) atoms. The van der Waals surface area contributed by atoms with Gasteiger partial charge < -0.3 is 14.9 Å². The second kappa shape index (κ2) is 15.4. The van der Waals surface area contributed by atoms with E-state index in [9.17, 15) is 19.2 Å². The second-order valence-electron chi connectivity index (χ2n) is 6.53. The van der Waals surface area contributed by atoms with Crippen LogP contribution in [0.4, 0.5) is 0 Å². The number of aldehydes is 2. The molecule has 0 spiro atoms. The van der Waals surface area contributed by atoms with Gasteiger partial charge in [0.2, 0.25) is 0 Å². The van der Waals surface area contributed by atoms with Gasteiger partial charge in [-0.25, -0.2) is 9.59 Å². The molecule has 2 rings (SSSR count). The van der Waals surface area contributed by atoms with E-state index in [0.717, 1.165) is 30.1 Å². The Hall–Kier alpha value is -3.45. The Kier molecular flexibility index (Phi) is 14.8. The molecule has 0 heterocycles. The van der Waals surface area contributed by atoms with Crippen LogP contribution in [0.3, 0.4) is 0 Å². The number of rotatable bonds is 4. The van der Waals surface area contributed by atoms with Gasteiger partial charge in [-0.15, -0.1) is 0 Å². The van der Waals surface area contributed by atoms with Crippen LogP contribution in [0.5, 0.6) is 0 Å². The molecule has 0 atom stereocenters. The summed E-state index contributed by atoms with van der Waals surface area (Å²) in [5, 5.41) is 15.8. The number of hydrogen-bond acceptors (Lipinski definition) is 8. The van der Waals surface area contributed by atoms with E-state index in [-0.39, 0.29) is 5.56 Å². The van der Waals surface area contributed by atoms with E-state index in [0.29, 0.717) is 28.5 Å². The van der Waals surface area contributed by atoms with Crippen molar-refractivity contribution < 1.29 is 51.7 Å². The van der Waals surface area contributed by atoms with Crippen LogP contribution in [-0.4, -0.2) is 66.5 Å². The lowest BCUT2D eigenvalue weighted by Crippen LogP contribution is -2.05. The number of aromatic carboxylic acids is 1. The molecule has 0 fully saturated rings. The maximum absolute atomic E-state index is 11.3. The van der Waals surface area contributed by atoms with Gasteiger partial charge in [0.05, 0.1) is 18.2 Å². The molecule has 0 saturated carbocycles. The third-order valence-corrected chi connectivity index (χ3v) is 4.12. The van der Waals surface area contributed by atoms with Crippen LogP contribution < -0.4 is 0 Å². The number of esters is 1.